The molecule has 1 saturated heterocycles. The smallest absolute Gasteiger partial charge is 0.233 e. The van der Waals surface area contributed by atoms with Crippen molar-refractivity contribution in [3.05, 3.63) is 48.0 Å². The summed E-state index contributed by atoms with van der Waals surface area (Å²) in [5, 5.41) is -0.126. The average molecular weight is 387 g/mol. The number of nitrogens with zero attached hydrogens (tertiary/aromatic N) is 1. The molecule has 1 amide bonds. The van der Waals surface area contributed by atoms with E-state index in [4.69, 9.17) is 18.9 Å². The number of fused-ring (bicyclic) bond motifs is 1. The zero-order valence-electron chi connectivity index (χ0n) is 15.2. The van der Waals surface area contributed by atoms with Gasteiger partial charge in [-0.05, 0) is 24.3 Å². The van der Waals surface area contributed by atoms with E-state index in [-0.39, 0.29) is 17.4 Å². The standard InChI is InChI=1S/C20H21NO5S/c1-23-13-7-8-15(18(9-13)24-2)20-21(19(22)12-27-20)10-14-11-25-16-5-3-4-6-17(16)26-14/h3-9,14,20H,10-12H2,1-2H3. The second-order valence-electron chi connectivity index (χ2n) is 6.31. The summed E-state index contributed by atoms with van der Waals surface area (Å²) in [6.45, 7) is 0.873. The second-order valence-corrected chi connectivity index (χ2v) is 7.38. The number of methoxy groups -OCH3 is 2. The summed E-state index contributed by atoms with van der Waals surface area (Å²) in [4.78, 5) is 14.4. The van der Waals surface area contributed by atoms with E-state index in [0.29, 0.717) is 30.4 Å². The van der Waals surface area contributed by atoms with E-state index in [9.17, 15) is 4.79 Å². The first-order chi connectivity index (χ1) is 13.2. The molecule has 2 aliphatic rings. The maximum Gasteiger partial charge on any atom is 0.233 e. The van der Waals surface area contributed by atoms with Crippen molar-refractivity contribution in [1.29, 1.82) is 0 Å². The van der Waals surface area contributed by atoms with Crippen molar-refractivity contribution in [1.82, 2.24) is 4.90 Å². The van der Waals surface area contributed by atoms with Gasteiger partial charge in [0.2, 0.25) is 5.91 Å². The number of benzene rings is 2. The first-order valence-corrected chi connectivity index (χ1v) is 9.76. The molecule has 0 aromatic heterocycles. The summed E-state index contributed by atoms with van der Waals surface area (Å²) in [6, 6.07) is 13.3. The number of amides is 1. The Hall–Kier alpha value is -2.54. The molecule has 2 aliphatic heterocycles. The molecule has 0 bridgehead atoms. The molecule has 27 heavy (non-hydrogen) atoms. The Kier molecular flexibility index (Phi) is 5.03. The van der Waals surface area contributed by atoms with Gasteiger partial charge in [-0.2, -0.15) is 0 Å². The van der Waals surface area contributed by atoms with Crippen molar-refractivity contribution in [3.8, 4) is 23.0 Å². The van der Waals surface area contributed by atoms with Gasteiger partial charge < -0.3 is 23.8 Å². The van der Waals surface area contributed by atoms with Gasteiger partial charge >= 0.3 is 0 Å². The van der Waals surface area contributed by atoms with E-state index in [1.165, 1.54) is 0 Å². The van der Waals surface area contributed by atoms with Crippen LogP contribution >= 0.6 is 11.8 Å². The third-order valence-electron chi connectivity index (χ3n) is 4.64. The van der Waals surface area contributed by atoms with Gasteiger partial charge in [0.15, 0.2) is 17.6 Å². The molecule has 2 aromatic rings. The molecule has 7 heteroatoms. The highest BCUT2D eigenvalue weighted by atomic mass is 32.2. The quantitative estimate of drug-likeness (QED) is 0.786. The van der Waals surface area contributed by atoms with Gasteiger partial charge in [0.05, 0.1) is 26.5 Å². The van der Waals surface area contributed by atoms with Crippen LogP contribution in [0, 0.1) is 0 Å². The lowest BCUT2D eigenvalue weighted by molar-refractivity contribution is -0.129. The van der Waals surface area contributed by atoms with Crippen molar-refractivity contribution in [2.24, 2.45) is 0 Å². The molecule has 0 spiro atoms. The Balaban J connectivity index is 1.54. The van der Waals surface area contributed by atoms with Crippen LogP contribution < -0.4 is 18.9 Å². The molecule has 0 N–H and O–H groups in total. The molecule has 2 atom stereocenters. The molecular weight excluding hydrogens is 366 g/mol. The Morgan fingerprint density at radius 1 is 1.15 bits per heavy atom. The van der Waals surface area contributed by atoms with Crippen molar-refractivity contribution in [2.75, 3.05) is 33.1 Å². The summed E-state index contributed by atoms with van der Waals surface area (Å²) >= 11 is 1.59. The van der Waals surface area contributed by atoms with E-state index >= 15 is 0 Å². The van der Waals surface area contributed by atoms with Crippen molar-refractivity contribution in [2.45, 2.75) is 11.5 Å². The van der Waals surface area contributed by atoms with Crippen LogP contribution in [-0.4, -0.2) is 50.0 Å². The van der Waals surface area contributed by atoms with Gasteiger partial charge in [0.1, 0.15) is 23.5 Å². The fourth-order valence-electron chi connectivity index (χ4n) is 3.30. The molecule has 2 heterocycles. The second kappa shape index (κ2) is 7.60. The normalized spacial score (nSPS) is 21.3. The number of thioether (sulfide) groups is 1. The van der Waals surface area contributed by atoms with Crippen LogP contribution in [0.25, 0.3) is 0 Å². The highest BCUT2D eigenvalue weighted by Gasteiger charge is 2.37. The summed E-state index contributed by atoms with van der Waals surface area (Å²) < 4.78 is 22.6. The lowest BCUT2D eigenvalue weighted by atomic mass is 10.1. The number of para-hydroxylation sites is 2. The van der Waals surface area contributed by atoms with E-state index in [1.807, 2.05) is 47.4 Å². The number of rotatable bonds is 5. The summed E-state index contributed by atoms with van der Waals surface area (Å²) in [5.41, 5.74) is 0.950. The average Bonchev–Trinajstić information content (AvgIpc) is 3.07. The van der Waals surface area contributed by atoms with Gasteiger partial charge in [-0.25, -0.2) is 0 Å². The Morgan fingerprint density at radius 2 is 1.96 bits per heavy atom. The van der Waals surface area contributed by atoms with Crippen molar-refractivity contribution in [3.63, 3.8) is 0 Å². The number of carbonyl (C=O) groups is 1. The largest absolute Gasteiger partial charge is 0.497 e. The minimum atomic E-state index is -0.214. The van der Waals surface area contributed by atoms with Gasteiger partial charge in [-0.1, -0.05) is 12.1 Å². The summed E-state index contributed by atoms with van der Waals surface area (Å²) in [7, 11) is 3.24. The van der Waals surface area contributed by atoms with E-state index in [0.717, 1.165) is 17.1 Å². The lowest BCUT2D eigenvalue weighted by Gasteiger charge is -2.32. The van der Waals surface area contributed by atoms with Crippen molar-refractivity contribution >= 4 is 17.7 Å². The zero-order chi connectivity index (χ0) is 18.8. The first-order valence-electron chi connectivity index (χ1n) is 8.71. The van der Waals surface area contributed by atoms with E-state index in [1.54, 1.807) is 26.0 Å². The Bertz CT molecular complexity index is 843. The molecule has 2 unspecified atom stereocenters. The predicted octanol–water partition coefficient (Wildman–Crippen LogP) is 3.12. The van der Waals surface area contributed by atoms with Crippen LogP contribution in [0.15, 0.2) is 42.5 Å². The molecule has 2 aromatic carbocycles. The van der Waals surface area contributed by atoms with Crippen LogP contribution in [0.3, 0.4) is 0 Å². The van der Waals surface area contributed by atoms with Gasteiger partial charge in [-0.3, -0.25) is 4.79 Å². The molecule has 0 aliphatic carbocycles. The number of ether oxygens (including phenoxy) is 4. The van der Waals surface area contributed by atoms with Gasteiger partial charge in [0.25, 0.3) is 0 Å². The maximum atomic E-state index is 12.5. The highest BCUT2D eigenvalue weighted by Crippen LogP contribution is 2.44. The van der Waals surface area contributed by atoms with Crippen LogP contribution in [0.4, 0.5) is 0 Å². The zero-order valence-corrected chi connectivity index (χ0v) is 16.0. The molecule has 4 rings (SSSR count). The maximum absolute atomic E-state index is 12.5. The molecule has 1 fully saturated rings. The first kappa shape index (κ1) is 17.9. The topological polar surface area (TPSA) is 57.2 Å². The number of carbonyl (C=O) groups excluding carboxylic acids is 1. The fraction of sp³-hybridized carbons (Fsp3) is 0.350. The summed E-state index contributed by atoms with van der Waals surface area (Å²) in [6.07, 6.45) is -0.214. The Morgan fingerprint density at radius 3 is 2.74 bits per heavy atom. The highest BCUT2D eigenvalue weighted by molar-refractivity contribution is 8.00. The van der Waals surface area contributed by atoms with E-state index < -0.39 is 0 Å². The fourth-order valence-corrected chi connectivity index (χ4v) is 4.53. The Labute approximate surface area is 162 Å². The minimum absolute atomic E-state index is 0.0883. The third kappa shape index (κ3) is 3.51. The molecule has 6 nitrogen and oxygen atoms in total. The predicted molar refractivity (Wildman–Crippen MR) is 103 cm³/mol. The molecule has 0 radical (unpaired) electrons. The summed E-state index contributed by atoms with van der Waals surface area (Å²) in [5.74, 6) is 3.40. The molecule has 142 valence electrons. The monoisotopic (exact) mass is 387 g/mol. The van der Waals surface area contributed by atoms with Crippen molar-refractivity contribution < 1.29 is 23.7 Å². The molecular formula is C20H21NO5S. The number of hydrogen-bond acceptors (Lipinski definition) is 6. The van der Waals surface area contributed by atoms with Gasteiger partial charge in [-0.15, -0.1) is 11.8 Å². The number of hydrogen-bond donors (Lipinski definition) is 0. The molecule has 0 saturated carbocycles. The van der Waals surface area contributed by atoms with Crippen LogP contribution in [0.1, 0.15) is 10.9 Å². The van der Waals surface area contributed by atoms with Gasteiger partial charge in [0, 0.05) is 11.6 Å². The minimum Gasteiger partial charge on any atom is -0.497 e. The lowest BCUT2D eigenvalue weighted by Crippen LogP contribution is -2.42. The van der Waals surface area contributed by atoms with Crippen LogP contribution in [-0.2, 0) is 4.79 Å². The van der Waals surface area contributed by atoms with Crippen LogP contribution in [0.2, 0.25) is 0 Å². The van der Waals surface area contributed by atoms with E-state index in [2.05, 4.69) is 0 Å². The third-order valence-corrected chi connectivity index (χ3v) is 5.88. The SMILES string of the molecule is COc1ccc(C2SCC(=O)N2CC2COc3ccccc3O2)c(OC)c1. The van der Waals surface area contributed by atoms with Crippen LogP contribution in [0.5, 0.6) is 23.0 Å².